The molecule has 108 valence electrons. The second kappa shape index (κ2) is 6.37. The molecule has 0 aliphatic carbocycles. The van der Waals surface area contributed by atoms with Crippen LogP contribution in [0, 0.1) is 0 Å². The number of nitrogens with zero attached hydrogens (tertiary/aromatic N) is 2. The van der Waals surface area contributed by atoms with E-state index in [4.69, 9.17) is 0 Å². The van der Waals surface area contributed by atoms with Gasteiger partial charge in [0.15, 0.2) is 0 Å². The number of carbonyl (C=O) groups is 1. The van der Waals surface area contributed by atoms with Gasteiger partial charge in [0.2, 0.25) is 15.4 Å². The third kappa shape index (κ3) is 5.19. The topological polar surface area (TPSA) is 121 Å². The summed E-state index contributed by atoms with van der Waals surface area (Å²) in [5, 5.41) is 18.7. The van der Waals surface area contributed by atoms with E-state index < -0.39 is 22.2 Å². The second-order valence-corrected chi connectivity index (χ2v) is 7.03. The van der Waals surface area contributed by atoms with E-state index in [1.165, 1.54) is 6.92 Å². The van der Waals surface area contributed by atoms with E-state index in [-0.39, 0.29) is 21.8 Å². The number of rotatable bonds is 6. The highest BCUT2D eigenvalue weighted by molar-refractivity contribution is 7.91. The van der Waals surface area contributed by atoms with Gasteiger partial charge in [-0.3, -0.25) is 4.79 Å². The van der Waals surface area contributed by atoms with Crippen molar-refractivity contribution >= 4 is 32.4 Å². The molecular weight excluding hydrogens is 292 g/mol. The van der Waals surface area contributed by atoms with Crippen LogP contribution in [0.25, 0.3) is 0 Å². The molecule has 8 nitrogen and oxygen atoms in total. The summed E-state index contributed by atoms with van der Waals surface area (Å²) in [5.74, 6) is -0.351. The highest BCUT2D eigenvalue weighted by Gasteiger charge is 2.23. The predicted molar refractivity (Wildman–Crippen MR) is 70.3 cm³/mol. The lowest BCUT2D eigenvalue weighted by molar-refractivity contribution is -0.114. The fourth-order valence-electron chi connectivity index (χ4n) is 1.39. The Morgan fingerprint density at radius 2 is 2.05 bits per heavy atom. The number of hydrogen-bond acceptors (Lipinski definition) is 7. The first-order valence-corrected chi connectivity index (χ1v) is 7.82. The van der Waals surface area contributed by atoms with Crippen LogP contribution in [0.5, 0.6) is 0 Å². The number of aromatic nitrogens is 2. The van der Waals surface area contributed by atoms with E-state index >= 15 is 0 Å². The maximum absolute atomic E-state index is 11.9. The maximum Gasteiger partial charge on any atom is 0.270 e. The minimum absolute atomic E-state index is 0.121. The van der Waals surface area contributed by atoms with Crippen molar-refractivity contribution in [1.29, 1.82) is 0 Å². The first-order chi connectivity index (χ1) is 8.70. The van der Waals surface area contributed by atoms with Gasteiger partial charge < -0.3 is 10.4 Å². The number of sulfonamides is 1. The number of anilines is 1. The zero-order valence-corrected chi connectivity index (χ0v) is 12.4. The number of aliphatic hydroxyl groups excluding tert-OH is 1. The van der Waals surface area contributed by atoms with E-state index in [2.05, 4.69) is 20.2 Å². The van der Waals surface area contributed by atoms with Gasteiger partial charge in [0.1, 0.15) is 0 Å². The third-order valence-corrected chi connectivity index (χ3v) is 4.77. The van der Waals surface area contributed by atoms with E-state index in [1.54, 1.807) is 13.8 Å². The Balaban J connectivity index is 2.77. The Bertz CT molecular complexity index is 540. The highest BCUT2D eigenvalue weighted by Crippen LogP contribution is 2.20. The summed E-state index contributed by atoms with van der Waals surface area (Å²) < 4.78 is 26.0. The Labute approximate surface area is 115 Å². The molecular formula is C9H16N4O4S2. The minimum atomic E-state index is -3.79. The molecule has 0 spiro atoms. The molecule has 0 fully saturated rings. The smallest absolute Gasteiger partial charge is 0.270 e. The van der Waals surface area contributed by atoms with Gasteiger partial charge in [0, 0.05) is 13.0 Å². The lowest BCUT2D eigenvalue weighted by Gasteiger charge is -2.13. The van der Waals surface area contributed by atoms with Crippen LogP contribution in [0.15, 0.2) is 4.34 Å². The van der Waals surface area contributed by atoms with Crippen LogP contribution in [-0.2, 0) is 14.8 Å². The van der Waals surface area contributed by atoms with Crippen LogP contribution < -0.4 is 10.0 Å². The molecule has 3 N–H and O–H groups in total. The van der Waals surface area contributed by atoms with E-state index in [1.807, 2.05) is 0 Å². The first kappa shape index (κ1) is 16.0. The SMILES string of the molecule is CC(=O)Nc1nnc(S(=O)(=O)NC(C)CC(C)O)s1. The van der Waals surface area contributed by atoms with Crippen molar-refractivity contribution < 1.29 is 18.3 Å². The fraction of sp³-hybridized carbons (Fsp3) is 0.667. The molecule has 0 saturated carbocycles. The van der Waals surface area contributed by atoms with E-state index in [9.17, 15) is 18.3 Å². The van der Waals surface area contributed by atoms with Crippen LogP contribution in [0.3, 0.4) is 0 Å². The molecule has 10 heteroatoms. The molecule has 0 aliphatic rings. The van der Waals surface area contributed by atoms with Crippen molar-refractivity contribution in [3.8, 4) is 0 Å². The fourth-order valence-corrected chi connectivity index (χ4v) is 3.61. The van der Waals surface area contributed by atoms with Crippen molar-refractivity contribution in [3.63, 3.8) is 0 Å². The molecule has 0 aliphatic heterocycles. The summed E-state index contributed by atoms with van der Waals surface area (Å²) in [6.45, 7) is 4.50. The van der Waals surface area contributed by atoms with Gasteiger partial charge in [-0.05, 0) is 20.3 Å². The Hall–Kier alpha value is -1.10. The molecule has 1 heterocycles. The summed E-state index contributed by atoms with van der Waals surface area (Å²) in [5.41, 5.74) is 0. The number of aliphatic hydroxyl groups is 1. The van der Waals surface area contributed by atoms with Crippen molar-refractivity contribution in [2.45, 2.75) is 43.7 Å². The molecule has 0 saturated heterocycles. The molecule has 2 unspecified atom stereocenters. The summed E-state index contributed by atoms with van der Waals surface area (Å²) in [7, 11) is -3.79. The van der Waals surface area contributed by atoms with E-state index in [0.717, 1.165) is 11.3 Å². The van der Waals surface area contributed by atoms with Crippen molar-refractivity contribution in [3.05, 3.63) is 0 Å². The average Bonchev–Trinajstić information content (AvgIpc) is 2.62. The number of hydrogen-bond donors (Lipinski definition) is 3. The monoisotopic (exact) mass is 308 g/mol. The van der Waals surface area contributed by atoms with Crippen LogP contribution >= 0.6 is 11.3 Å². The van der Waals surface area contributed by atoms with Crippen molar-refractivity contribution in [2.75, 3.05) is 5.32 Å². The molecule has 2 atom stereocenters. The normalized spacial score (nSPS) is 14.9. The largest absolute Gasteiger partial charge is 0.393 e. The van der Waals surface area contributed by atoms with Gasteiger partial charge in [-0.15, -0.1) is 10.2 Å². The maximum atomic E-state index is 11.9. The van der Waals surface area contributed by atoms with Crippen molar-refractivity contribution in [2.24, 2.45) is 0 Å². The molecule has 1 amide bonds. The van der Waals surface area contributed by atoms with Gasteiger partial charge >= 0.3 is 0 Å². The Morgan fingerprint density at radius 1 is 1.42 bits per heavy atom. The van der Waals surface area contributed by atoms with Crippen LogP contribution in [-0.4, -0.2) is 41.8 Å². The summed E-state index contributed by atoms with van der Waals surface area (Å²) in [6.07, 6.45) is -0.321. The zero-order chi connectivity index (χ0) is 14.6. The van der Waals surface area contributed by atoms with Crippen LogP contribution in [0.1, 0.15) is 27.2 Å². The van der Waals surface area contributed by atoms with Gasteiger partial charge in [0.05, 0.1) is 6.10 Å². The molecule has 1 aromatic rings. The number of amides is 1. The van der Waals surface area contributed by atoms with Gasteiger partial charge in [-0.1, -0.05) is 11.3 Å². The highest BCUT2D eigenvalue weighted by atomic mass is 32.2. The lowest BCUT2D eigenvalue weighted by atomic mass is 10.2. The molecule has 1 rings (SSSR count). The number of carbonyl (C=O) groups excluding carboxylic acids is 1. The first-order valence-electron chi connectivity index (χ1n) is 5.52. The lowest BCUT2D eigenvalue weighted by Crippen LogP contribution is -2.34. The molecule has 1 aromatic heterocycles. The third-order valence-electron chi connectivity index (χ3n) is 1.97. The summed E-state index contributed by atoms with van der Waals surface area (Å²) >= 11 is 0.762. The zero-order valence-electron chi connectivity index (χ0n) is 10.7. The van der Waals surface area contributed by atoms with E-state index in [0.29, 0.717) is 0 Å². The second-order valence-electron chi connectivity index (χ2n) is 4.16. The average molecular weight is 308 g/mol. The Kier molecular flexibility index (Phi) is 5.35. The molecule has 0 radical (unpaired) electrons. The van der Waals surface area contributed by atoms with Gasteiger partial charge in [-0.2, -0.15) is 0 Å². The quantitative estimate of drug-likeness (QED) is 0.633. The van der Waals surface area contributed by atoms with Crippen LogP contribution in [0.2, 0.25) is 0 Å². The number of nitrogens with one attached hydrogen (secondary N) is 2. The van der Waals surface area contributed by atoms with Gasteiger partial charge in [0.25, 0.3) is 10.0 Å². The van der Waals surface area contributed by atoms with Crippen LogP contribution in [0.4, 0.5) is 5.13 Å². The molecule has 0 aromatic carbocycles. The predicted octanol–water partition coefficient (Wildman–Crippen LogP) is -0.0658. The standard InChI is InChI=1S/C9H16N4O4S2/c1-5(4-6(2)14)13-19(16,17)9-12-11-8(18-9)10-7(3)15/h5-6,13-14H,4H2,1-3H3,(H,10,11,15). The van der Waals surface area contributed by atoms with Gasteiger partial charge in [-0.25, -0.2) is 13.1 Å². The van der Waals surface area contributed by atoms with Crippen molar-refractivity contribution in [1.82, 2.24) is 14.9 Å². The summed E-state index contributed by atoms with van der Waals surface area (Å²) in [4.78, 5) is 10.8. The molecule has 19 heavy (non-hydrogen) atoms. The molecule has 0 bridgehead atoms. The Morgan fingerprint density at radius 3 is 2.58 bits per heavy atom. The minimum Gasteiger partial charge on any atom is -0.393 e. The summed E-state index contributed by atoms with van der Waals surface area (Å²) in [6, 6.07) is -0.432.